The number of carbonyl (C=O) groups excluding carboxylic acids is 2. The van der Waals surface area contributed by atoms with E-state index in [9.17, 15) is 9.59 Å². The Kier molecular flexibility index (Phi) is 5.76. The van der Waals surface area contributed by atoms with Crippen molar-refractivity contribution in [1.29, 1.82) is 0 Å². The lowest BCUT2D eigenvalue weighted by molar-refractivity contribution is -0.120. The van der Waals surface area contributed by atoms with Gasteiger partial charge < -0.3 is 4.74 Å². The first-order valence-corrected chi connectivity index (χ1v) is 13.5. The molecule has 6 rings (SSSR count). The van der Waals surface area contributed by atoms with Crippen LogP contribution in [0, 0.1) is 10.8 Å². The molecular weight excluding hydrogens is 496 g/mol. The number of carbonyl (C=O) groups is 2. The van der Waals surface area contributed by atoms with Gasteiger partial charge in [0.25, 0.3) is 0 Å². The minimum absolute atomic E-state index is 0.0416. The standard InChI is InChI=1S/C32H31ClN2O3/c1-31(2)14-23(36)28-25(16-31)38-26-17-32(3,4)15-24(37)29(26)27(28)22-18-35(21-8-6-5-7-9-21)34-30(22)19-10-12-20(33)13-11-19/h5-13,18,27H,14-17H2,1-4H3. The average Bonchev–Trinajstić information content (AvgIpc) is 3.27. The summed E-state index contributed by atoms with van der Waals surface area (Å²) >= 11 is 6.22. The number of ketones is 2. The number of benzene rings is 2. The number of halogens is 1. The van der Waals surface area contributed by atoms with Crippen LogP contribution in [0.4, 0.5) is 0 Å². The van der Waals surface area contributed by atoms with Crippen molar-refractivity contribution in [3.63, 3.8) is 0 Å². The summed E-state index contributed by atoms with van der Waals surface area (Å²) in [5.41, 5.74) is 4.14. The largest absolute Gasteiger partial charge is 0.465 e. The predicted molar refractivity (Wildman–Crippen MR) is 148 cm³/mol. The zero-order valence-electron chi connectivity index (χ0n) is 22.2. The van der Waals surface area contributed by atoms with Gasteiger partial charge in [-0.05, 0) is 35.1 Å². The second-order valence-corrected chi connectivity index (χ2v) is 12.7. The number of aromatic nitrogens is 2. The van der Waals surface area contributed by atoms with Gasteiger partial charge in [0, 0.05) is 59.2 Å². The normalized spacial score (nSPS) is 20.8. The minimum Gasteiger partial charge on any atom is -0.465 e. The van der Waals surface area contributed by atoms with Crippen LogP contribution in [0.25, 0.3) is 16.9 Å². The smallest absolute Gasteiger partial charge is 0.163 e. The number of hydrogen-bond acceptors (Lipinski definition) is 4. The van der Waals surface area contributed by atoms with Crippen LogP contribution < -0.4 is 0 Å². The van der Waals surface area contributed by atoms with Crippen LogP contribution in [0.5, 0.6) is 0 Å². The molecule has 2 aromatic carbocycles. The first-order chi connectivity index (χ1) is 18.0. The molecule has 0 fully saturated rings. The zero-order chi connectivity index (χ0) is 26.8. The van der Waals surface area contributed by atoms with Crippen molar-refractivity contribution < 1.29 is 14.3 Å². The molecule has 0 amide bonds. The molecule has 1 aromatic heterocycles. The van der Waals surface area contributed by atoms with Crippen LogP contribution in [0.2, 0.25) is 5.02 Å². The average molecular weight is 527 g/mol. The summed E-state index contributed by atoms with van der Waals surface area (Å²) in [6.07, 6.45) is 4.11. The summed E-state index contributed by atoms with van der Waals surface area (Å²) in [6.45, 7) is 8.39. The van der Waals surface area contributed by atoms with Crippen molar-refractivity contribution in [3.8, 4) is 16.9 Å². The number of rotatable bonds is 3. The van der Waals surface area contributed by atoms with Gasteiger partial charge in [0.2, 0.25) is 0 Å². The third kappa shape index (κ3) is 4.33. The molecule has 0 saturated carbocycles. The Morgan fingerprint density at radius 2 is 1.37 bits per heavy atom. The minimum atomic E-state index is -0.524. The fourth-order valence-corrected chi connectivity index (χ4v) is 6.26. The summed E-state index contributed by atoms with van der Waals surface area (Å²) in [4.78, 5) is 27.6. The number of Topliss-reactive ketones (excluding diaryl/α,β-unsaturated/α-hetero) is 2. The van der Waals surface area contributed by atoms with E-state index in [-0.39, 0.29) is 22.4 Å². The molecule has 194 valence electrons. The zero-order valence-corrected chi connectivity index (χ0v) is 22.9. The summed E-state index contributed by atoms with van der Waals surface area (Å²) < 4.78 is 8.32. The van der Waals surface area contributed by atoms with Gasteiger partial charge >= 0.3 is 0 Å². The predicted octanol–water partition coefficient (Wildman–Crippen LogP) is 7.59. The first kappa shape index (κ1) is 24.9. The molecule has 0 bridgehead atoms. The lowest BCUT2D eigenvalue weighted by atomic mass is 9.65. The lowest BCUT2D eigenvalue weighted by Gasteiger charge is -2.42. The van der Waals surface area contributed by atoms with Crippen molar-refractivity contribution in [2.45, 2.75) is 59.3 Å². The van der Waals surface area contributed by atoms with E-state index < -0.39 is 5.92 Å². The van der Waals surface area contributed by atoms with Crippen molar-refractivity contribution in [1.82, 2.24) is 9.78 Å². The van der Waals surface area contributed by atoms with Crippen LogP contribution in [0.15, 0.2) is 83.5 Å². The Labute approximate surface area is 228 Å². The highest BCUT2D eigenvalue weighted by Gasteiger charge is 2.48. The molecule has 3 aromatic rings. The van der Waals surface area contributed by atoms with Gasteiger partial charge in [-0.25, -0.2) is 4.68 Å². The van der Waals surface area contributed by atoms with Crippen molar-refractivity contribution >= 4 is 23.2 Å². The molecule has 0 radical (unpaired) electrons. The molecule has 0 unspecified atom stereocenters. The SMILES string of the molecule is CC1(C)CC(=O)C2=C(C1)OC1=C(C(=O)CC(C)(C)C1)C2c1cn(-c2ccccc2)nc1-c1ccc(Cl)cc1. The van der Waals surface area contributed by atoms with E-state index in [2.05, 4.69) is 27.7 Å². The van der Waals surface area contributed by atoms with E-state index >= 15 is 0 Å². The molecule has 2 aliphatic carbocycles. The number of hydrogen-bond donors (Lipinski definition) is 0. The molecule has 0 saturated heterocycles. The van der Waals surface area contributed by atoms with Crippen LogP contribution in [-0.4, -0.2) is 21.3 Å². The molecular formula is C32H31ClN2O3. The van der Waals surface area contributed by atoms with Gasteiger partial charge in [-0.1, -0.05) is 69.6 Å². The fourth-order valence-electron chi connectivity index (χ4n) is 6.13. The highest BCUT2D eigenvalue weighted by Crippen LogP contribution is 2.54. The summed E-state index contributed by atoms with van der Waals surface area (Å²) in [5.74, 6) is 0.967. The van der Waals surface area contributed by atoms with Gasteiger partial charge in [-0.15, -0.1) is 0 Å². The number of para-hydroxylation sites is 1. The Balaban J connectivity index is 1.62. The van der Waals surface area contributed by atoms with Gasteiger partial charge in [0.15, 0.2) is 11.6 Å². The van der Waals surface area contributed by atoms with Gasteiger partial charge in [-0.3, -0.25) is 9.59 Å². The Bertz CT molecular complexity index is 1470. The molecule has 1 aliphatic heterocycles. The van der Waals surface area contributed by atoms with E-state index in [0.29, 0.717) is 53.4 Å². The van der Waals surface area contributed by atoms with Gasteiger partial charge in [0.1, 0.15) is 11.5 Å². The van der Waals surface area contributed by atoms with E-state index in [1.54, 1.807) is 0 Å². The third-order valence-electron chi connectivity index (χ3n) is 7.77. The molecule has 38 heavy (non-hydrogen) atoms. The number of allylic oxidation sites excluding steroid dienone is 4. The second-order valence-electron chi connectivity index (χ2n) is 12.3. The molecule has 6 heteroatoms. The fraction of sp³-hybridized carbons (Fsp3) is 0.344. The molecule has 0 atom stereocenters. The van der Waals surface area contributed by atoms with Crippen molar-refractivity contribution in [3.05, 3.63) is 94.0 Å². The monoisotopic (exact) mass is 526 g/mol. The van der Waals surface area contributed by atoms with Gasteiger partial charge in [-0.2, -0.15) is 5.10 Å². The van der Waals surface area contributed by atoms with E-state index in [1.165, 1.54) is 0 Å². The Hall–Kier alpha value is -3.44. The maximum absolute atomic E-state index is 13.8. The molecule has 0 spiro atoms. The summed E-state index contributed by atoms with van der Waals surface area (Å²) in [5, 5.41) is 5.64. The highest BCUT2D eigenvalue weighted by molar-refractivity contribution is 6.30. The van der Waals surface area contributed by atoms with Gasteiger partial charge in [0.05, 0.1) is 17.3 Å². The number of ether oxygens (including phenoxy) is 1. The summed E-state index contributed by atoms with van der Waals surface area (Å²) in [7, 11) is 0. The molecule has 3 aliphatic rings. The maximum atomic E-state index is 13.8. The second kappa shape index (κ2) is 8.81. The van der Waals surface area contributed by atoms with E-state index in [0.717, 1.165) is 22.5 Å². The topological polar surface area (TPSA) is 61.2 Å². The molecule has 2 heterocycles. The molecule has 5 nitrogen and oxygen atoms in total. The van der Waals surface area contributed by atoms with E-state index in [4.69, 9.17) is 21.4 Å². The van der Waals surface area contributed by atoms with E-state index in [1.807, 2.05) is 65.5 Å². The van der Waals surface area contributed by atoms with Crippen LogP contribution in [-0.2, 0) is 14.3 Å². The quantitative estimate of drug-likeness (QED) is 0.352. The van der Waals surface area contributed by atoms with Crippen LogP contribution in [0.3, 0.4) is 0 Å². The van der Waals surface area contributed by atoms with Crippen molar-refractivity contribution in [2.75, 3.05) is 0 Å². The Morgan fingerprint density at radius 3 is 1.92 bits per heavy atom. The Morgan fingerprint density at radius 1 is 0.816 bits per heavy atom. The first-order valence-electron chi connectivity index (χ1n) is 13.1. The maximum Gasteiger partial charge on any atom is 0.163 e. The van der Waals surface area contributed by atoms with Crippen LogP contribution >= 0.6 is 11.6 Å². The van der Waals surface area contributed by atoms with Crippen molar-refractivity contribution in [2.24, 2.45) is 10.8 Å². The number of nitrogens with zero attached hydrogens (tertiary/aromatic N) is 2. The third-order valence-corrected chi connectivity index (χ3v) is 8.03. The highest BCUT2D eigenvalue weighted by atomic mass is 35.5. The summed E-state index contributed by atoms with van der Waals surface area (Å²) in [6, 6.07) is 17.4. The molecule has 0 N–H and O–H groups in total. The van der Waals surface area contributed by atoms with Crippen LogP contribution in [0.1, 0.15) is 64.9 Å². The lowest BCUT2D eigenvalue weighted by Crippen LogP contribution is -2.37.